The maximum atomic E-state index is 12.0. The highest BCUT2D eigenvalue weighted by Gasteiger charge is 2.29. The van der Waals surface area contributed by atoms with Crippen LogP contribution in [0.5, 0.6) is 0 Å². The molecule has 0 radical (unpaired) electrons. The minimum absolute atomic E-state index is 0.137. The molecule has 1 rings (SSSR count). The van der Waals surface area contributed by atoms with Crippen molar-refractivity contribution in [2.75, 3.05) is 20.1 Å². The van der Waals surface area contributed by atoms with Gasteiger partial charge in [0.2, 0.25) is 5.91 Å². The van der Waals surface area contributed by atoms with E-state index >= 15 is 0 Å². The molecule has 0 unspecified atom stereocenters. The lowest BCUT2D eigenvalue weighted by Gasteiger charge is -2.34. The van der Waals surface area contributed by atoms with Crippen LogP contribution < -0.4 is 5.73 Å². The molecule has 0 aromatic heterocycles. The third-order valence-electron chi connectivity index (χ3n) is 4.01. The van der Waals surface area contributed by atoms with Crippen LogP contribution in [0.4, 0.5) is 0 Å². The predicted molar refractivity (Wildman–Crippen MR) is 73.1 cm³/mol. The van der Waals surface area contributed by atoms with E-state index in [0.29, 0.717) is 18.9 Å². The molecule has 4 nitrogen and oxygen atoms in total. The molecule has 0 atom stereocenters. The molecule has 4 heteroatoms. The smallest absolute Gasteiger partial charge is 0.222 e. The Kier molecular flexibility index (Phi) is 5.60. The lowest BCUT2D eigenvalue weighted by molar-refractivity contribution is -0.132. The summed E-state index contributed by atoms with van der Waals surface area (Å²) in [4.78, 5) is 13.8. The molecule has 0 saturated heterocycles. The lowest BCUT2D eigenvalue weighted by atomic mass is 9.82. The second-order valence-corrected chi connectivity index (χ2v) is 6.47. The maximum absolute atomic E-state index is 12.0. The van der Waals surface area contributed by atoms with Gasteiger partial charge in [0.15, 0.2) is 0 Å². The average Bonchev–Trinajstić information content (AvgIpc) is 2.23. The molecule has 0 aliphatic heterocycles. The number of aliphatic hydroxyl groups is 1. The van der Waals surface area contributed by atoms with E-state index in [1.165, 1.54) is 0 Å². The Labute approximate surface area is 111 Å². The summed E-state index contributed by atoms with van der Waals surface area (Å²) in [5.41, 5.74) is 5.72. The number of carbonyl (C=O) groups excluding carboxylic acids is 1. The third-order valence-corrected chi connectivity index (χ3v) is 4.01. The number of aliphatic hydroxyl groups excluding tert-OH is 1. The van der Waals surface area contributed by atoms with E-state index in [1.807, 2.05) is 11.9 Å². The van der Waals surface area contributed by atoms with Crippen LogP contribution in [0.3, 0.4) is 0 Å². The van der Waals surface area contributed by atoms with E-state index in [0.717, 1.165) is 32.2 Å². The predicted octanol–water partition coefficient (Wildman–Crippen LogP) is 1.37. The van der Waals surface area contributed by atoms with Gasteiger partial charge in [-0.3, -0.25) is 4.79 Å². The minimum Gasteiger partial charge on any atom is -0.393 e. The standard InChI is InChI=1S/C14H28N2O2/c1-14(2,6-7-15)5-4-13(18)16(3)10-11-8-12(17)9-11/h11-12,17H,4-10,15H2,1-3H3. The normalized spacial score (nSPS) is 23.6. The monoisotopic (exact) mass is 256 g/mol. The van der Waals surface area contributed by atoms with Gasteiger partial charge >= 0.3 is 0 Å². The molecule has 0 aromatic carbocycles. The number of hydrogen-bond donors (Lipinski definition) is 2. The molecule has 3 N–H and O–H groups in total. The highest BCUT2D eigenvalue weighted by molar-refractivity contribution is 5.75. The molecule has 106 valence electrons. The maximum Gasteiger partial charge on any atom is 0.222 e. The number of hydrogen-bond acceptors (Lipinski definition) is 3. The zero-order valence-corrected chi connectivity index (χ0v) is 12.0. The van der Waals surface area contributed by atoms with Gasteiger partial charge in [0.05, 0.1) is 6.10 Å². The molecule has 1 fully saturated rings. The summed E-state index contributed by atoms with van der Waals surface area (Å²) in [5.74, 6) is 0.701. The van der Waals surface area contributed by atoms with Crippen molar-refractivity contribution in [1.82, 2.24) is 4.90 Å². The van der Waals surface area contributed by atoms with Crippen LogP contribution >= 0.6 is 0 Å². The Balaban J connectivity index is 2.23. The molecule has 1 amide bonds. The number of carbonyl (C=O) groups is 1. The van der Waals surface area contributed by atoms with Gasteiger partial charge in [-0.15, -0.1) is 0 Å². The van der Waals surface area contributed by atoms with Crippen LogP contribution in [0.2, 0.25) is 0 Å². The molecule has 0 spiro atoms. The van der Waals surface area contributed by atoms with Crippen LogP contribution in [-0.4, -0.2) is 42.2 Å². The third kappa shape index (κ3) is 4.94. The van der Waals surface area contributed by atoms with Gasteiger partial charge in [-0.2, -0.15) is 0 Å². The second kappa shape index (κ2) is 6.53. The van der Waals surface area contributed by atoms with E-state index in [2.05, 4.69) is 13.8 Å². The van der Waals surface area contributed by atoms with Crippen LogP contribution in [0.1, 0.15) is 46.0 Å². The van der Waals surface area contributed by atoms with E-state index in [-0.39, 0.29) is 17.4 Å². The van der Waals surface area contributed by atoms with Crippen LogP contribution in [-0.2, 0) is 4.79 Å². The summed E-state index contributed by atoms with van der Waals surface area (Å²) in [7, 11) is 1.86. The lowest BCUT2D eigenvalue weighted by Crippen LogP contribution is -2.39. The first-order chi connectivity index (χ1) is 8.34. The van der Waals surface area contributed by atoms with Crippen molar-refractivity contribution in [2.24, 2.45) is 17.1 Å². The summed E-state index contributed by atoms with van der Waals surface area (Å²) < 4.78 is 0. The van der Waals surface area contributed by atoms with Crippen molar-refractivity contribution < 1.29 is 9.90 Å². The Morgan fingerprint density at radius 3 is 2.50 bits per heavy atom. The molecule has 0 heterocycles. The van der Waals surface area contributed by atoms with Gasteiger partial charge in [-0.1, -0.05) is 13.8 Å². The van der Waals surface area contributed by atoms with Crippen molar-refractivity contribution in [2.45, 2.75) is 52.1 Å². The fourth-order valence-electron chi connectivity index (χ4n) is 2.49. The van der Waals surface area contributed by atoms with Crippen molar-refractivity contribution >= 4 is 5.91 Å². The Bertz CT molecular complexity index is 273. The van der Waals surface area contributed by atoms with Crippen LogP contribution in [0.15, 0.2) is 0 Å². The Hall–Kier alpha value is -0.610. The molecular formula is C14H28N2O2. The largest absolute Gasteiger partial charge is 0.393 e. The topological polar surface area (TPSA) is 66.6 Å². The molecule has 0 aromatic rings. The molecule has 1 aliphatic rings. The van der Waals surface area contributed by atoms with Gasteiger partial charge in [0.25, 0.3) is 0 Å². The van der Waals surface area contributed by atoms with E-state index in [1.54, 1.807) is 0 Å². The van der Waals surface area contributed by atoms with Crippen molar-refractivity contribution in [3.8, 4) is 0 Å². The number of nitrogens with zero attached hydrogens (tertiary/aromatic N) is 1. The Morgan fingerprint density at radius 2 is 2.00 bits per heavy atom. The first-order valence-corrected chi connectivity index (χ1v) is 6.96. The number of amides is 1. The van der Waals surface area contributed by atoms with Gasteiger partial charge in [0, 0.05) is 20.0 Å². The van der Waals surface area contributed by atoms with Crippen LogP contribution in [0.25, 0.3) is 0 Å². The quantitative estimate of drug-likeness (QED) is 0.723. The zero-order valence-electron chi connectivity index (χ0n) is 12.0. The summed E-state index contributed by atoms with van der Waals surface area (Å²) in [6.45, 7) is 5.79. The second-order valence-electron chi connectivity index (χ2n) is 6.47. The molecule has 0 bridgehead atoms. The zero-order chi connectivity index (χ0) is 13.8. The van der Waals surface area contributed by atoms with E-state index in [4.69, 9.17) is 5.73 Å². The van der Waals surface area contributed by atoms with Gasteiger partial charge in [-0.25, -0.2) is 0 Å². The molecule has 1 saturated carbocycles. The first-order valence-electron chi connectivity index (χ1n) is 6.96. The summed E-state index contributed by atoms with van der Waals surface area (Å²) in [5, 5.41) is 9.22. The average molecular weight is 256 g/mol. The van der Waals surface area contributed by atoms with Gasteiger partial charge in [-0.05, 0) is 43.6 Å². The fourth-order valence-corrected chi connectivity index (χ4v) is 2.49. The van der Waals surface area contributed by atoms with Crippen molar-refractivity contribution in [3.05, 3.63) is 0 Å². The summed E-state index contributed by atoms with van der Waals surface area (Å²) >= 11 is 0. The highest BCUT2D eigenvalue weighted by Crippen LogP contribution is 2.29. The van der Waals surface area contributed by atoms with E-state index < -0.39 is 0 Å². The molecule has 1 aliphatic carbocycles. The fraction of sp³-hybridized carbons (Fsp3) is 0.929. The Morgan fingerprint density at radius 1 is 1.39 bits per heavy atom. The number of nitrogens with two attached hydrogens (primary N) is 1. The van der Waals surface area contributed by atoms with Crippen LogP contribution in [0, 0.1) is 11.3 Å². The minimum atomic E-state index is -0.137. The van der Waals surface area contributed by atoms with E-state index in [9.17, 15) is 9.90 Å². The van der Waals surface area contributed by atoms with Gasteiger partial charge < -0.3 is 15.7 Å². The van der Waals surface area contributed by atoms with Crippen molar-refractivity contribution in [1.29, 1.82) is 0 Å². The first kappa shape index (κ1) is 15.4. The number of rotatable bonds is 7. The molecule has 18 heavy (non-hydrogen) atoms. The van der Waals surface area contributed by atoms with Crippen molar-refractivity contribution in [3.63, 3.8) is 0 Å². The SMILES string of the molecule is CN(CC1CC(O)C1)C(=O)CCC(C)(C)CCN. The summed E-state index contributed by atoms with van der Waals surface area (Å²) in [6, 6.07) is 0. The highest BCUT2D eigenvalue weighted by atomic mass is 16.3. The van der Waals surface area contributed by atoms with Gasteiger partial charge in [0.1, 0.15) is 0 Å². The summed E-state index contributed by atoms with van der Waals surface area (Å²) in [6.07, 6.45) is 3.99. The molecular weight excluding hydrogens is 228 g/mol.